The van der Waals surface area contributed by atoms with Crippen LogP contribution in [-0.2, 0) is 11.2 Å². The lowest BCUT2D eigenvalue weighted by atomic mass is 9.89. The van der Waals surface area contributed by atoms with Crippen LogP contribution in [-0.4, -0.2) is 58.6 Å². The fourth-order valence-corrected chi connectivity index (χ4v) is 4.03. The number of aromatic nitrogens is 2. The van der Waals surface area contributed by atoms with Crippen molar-refractivity contribution in [1.82, 2.24) is 15.0 Å². The molecular formula is C19H25N3O3. The smallest absolute Gasteiger partial charge is 0.228 e. The molecule has 2 saturated heterocycles. The Morgan fingerprint density at radius 1 is 1.20 bits per heavy atom. The Morgan fingerprint density at radius 3 is 2.92 bits per heavy atom. The second-order valence-corrected chi connectivity index (χ2v) is 6.97. The molecule has 1 aromatic carbocycles. The first-order chi connectivity index (χ1) is 12.3. The Hall–Kier alpha value is -1.76. The zero-order chi connectivity index (χ0) is 17.1. The molecule has 4 rings (SSSR count). The molecule has 0 unspecified atom stereocenters. The highest BCUT2D eigenvalue weighted by Gasteiger charge is 2.37. The molecule has 6 nitrogen and oxygen atoms in total. The summed E-state index contributed by atoms with van der Waals surface area (Å²) in [6.07, 6.45) is 3.54. The van der Waals surface area contributed by atoms with Gasteiger partial charge in [0.1, 0.15) is 0 Å². The summed E-state index contributed by atoms with van der Waals surface area (Å²) in [6, 6.07) is 10.3. The summed E-state index contributed by atoms with van der Waals surface area (Å²) in [7, 11) is 0. The minimum absolute atomic E-state index is 0.221. The van der Waals surface area contributed by atoms with Crippen molar-refractivity contribution >= 4 is 0 Å². The molecule has 6 heteroatoms. The number of benzene rings is 1. The van der Waals surface area contributed by atoms with Gasteiger partial charge in [-0.2, -0.15) is 4.98 Å². The SMILES string of the molecule is O[C@@H]1CCOC[C@@H]1[C@@H]1CCCN1CCc1nc(-c2ccccc2)no1. The lowest BCUT2D eigenvalue weighted by Gasteiger charge is -2.36. The largest absolute Gasteiger partial charge is 0.393 e. The summed E-state index contributed by atoms with van der Waals surface area (Å²) >= 11 is 0. The van der Waals surface area contributed by atoms with Crippen molar-refractivity contribution in [2.45, 2.75) is 37.8 Å². The van der Waals surface area contributed by atoms with Crippen LogP contribution in [0.5, 0.6) is 0 Å². The van der Waals surface area contributed by atoms with Gasteiger partial charge in [-0.05, 0) is 25.8 Å². The molecule has 1 aromatic heterocycles. The number of likely N-dealkylation sites (tertiary alicyclic amines) is 1. The van der Waals surface area contributed by atoms with Crippen LogP contribution < -0.4 is 0 Å². The van der Waals surface area contributed by atoms with Crippen molar-refractivity contribution in [3.63, 3.8) is 0 Å². The molecule has 2 aliphatic heterocycles. The highest BCUT2D eigenvalue weighted by molar-refractivity contribution is 5.53. The minimum atomic E-state index is -0.243. The Labute approximate surface area is 147 Å². The van der Waals surface area contributed by atoms with Gasteiger partial charge in [-0.3, -0.25) is 4.90 Å². The summed E-state index contributed by atoms with van der Waals surface area (Å²) in [5.74, 6) is 1.54. The third-order valence-electron chi connectivity index (χ3n) is 5.38. The standard InChI is InChI=1S/C19H25N3O3/c23-17-9-12-24-13-15(17)16-7-4-10-22(16)11-8-18-20-19(21-25-18)14-5-2-1-3-6-14/h1-3,5-6,15-17,23H,4,7-13H2/t15-,16+,17-/m1/s1. The molecule has 134 valence electrons. The Kier molecular flexibility index (Phi) is 5.10. The lowest BCUT2D eigenvalue weighted by Crippen LogP contribution is -2.46. The average Bonchev–Trinajstić information content (AvgIpc) is 3.30. The number of aliphatic hydroxyl groups is 1. The van der Waals surface area contributed by atoms with Crippen molar-refractivity contribution < 1.29 is 14.4 Å². The molecule has 0 saturated carbocycles. The highest BCUT2D eigenvalue weighted by atomic mass is 16.5. The maximum absolute atomic E-state index is 10.3. The predicted molar refractivity (Wildman–Crippen MR) is 93.0 cm³/mol. The van der Waals surface area contributed by atoms with Crippen LogP contribution in [0.15, 0.2) is 34.9 Å². The highest BCUT2D eigenvalue weighted by Crippen LogP contribution is 2.30. The first-order valence-corrected chi connectivity index (χ1v) is 9.19. The molecule has 2 fully saturated rings. The molecule has 0 radical (unpaired) electrons. The van der Waals surface area contributed by atoms with E-state index in [1.165, 1.54) is 6.42 Å². The fourth-order valence-electron chi connectivity index (χ4n) is 4.03. The van der Waals surface area contributed by atoms with Crippen molar-refractivity contribution in [2.24, 2.45) is 5.92 Å². The number of ether oxygens (including phenoxy) is 1. The zero-order valence-corrected chi connectivity index (χ0v) is 14.4. The maximum Gasteiger partial charge on any atom is 0.228 e. The maximum atomic E-state index is 10.3. The topological polar surface area (TPSA) is 71.6 Å². The molecule has 0 bridgehead atoms. The molecule has 2 aromatic rings. The summed E-state index contributed by atoms with van der Waals surface area (Å²) in [5, 5.41) is 14.4. The summed E-state index contributed by atoms with van der Waals surface area (Å²) in [4.78, 5) is 6.97. The van der Waals surface area contributed by atoms with Gasteiger partial charge in [-0.25, -0.2) is 0 Å². The molecule has 0 aliphatic carbocycles. The van der Waals surface area contributed by atoms with E-state index in [1.54, 1.807) is 0 Å². The Morgan fingerprint density at radius 2 is 2.08 bits per heavy atom. The van der Waals surface area contributed by atoms with Crippen LogP contribution >= 0.6 is 0 Å². The van der Waals surface area contributed by atoms with Crippen LogP contribution in [0.2, 0.25) is 0 Å². The third-order valence-corrected chi connectivity index (χ3v) is 5.38. The summed E-state index contributed by atoms with van der Waals surface area (Å²) in [6.45, 7) is 3.29. The van der Waals surface area contributed by atoms with E-state index < -0.39 is 0 Å². The van der Waals surface area contributed by atoms with E-state index >= 15 is 0 Å². The van der Waals surface area contributed by atoms with E-state index in [0.29, 0.717) is 31.0 Å². The van der Waals surface area contributed by atoms with Crippen LogP contribution in [0.3, 0.4) is 0 Å². The normalized spacial score (nSPS) is 27.6. The van der Waals surface area contributed by atoms with Crippen LogP contribution in [0.4, 0.5) is 0 Å². The van der Waals surface area contributed by atoms with Gasteiger partial charge in [-0.1, -0.05) is 35.5 Å². The molecule has 25 heavy (non-hydrogen) atoms. The van der Waals surface area contributed by atoms with E-state index in [0.717, 1.165) is 37.9 Å². The Balaban J connectivity index is 1.37. The van der Waals surface area contributed by atoms with E-state index in [2.05, 4.69) is 15.0 Å². The van der Waals surface area contributed by atoms with E-state index in [9.17, 15) is 5.11 Å². The van der Waals surface area contributed by atoms with E-state index in [-0.39, 0.29) is 12.0 Å². The first-order valence-electron chi connectivity index (χ1n) is 9.19. The molecule has 3 heterocycles. The first kappa shape index (κ1) is 16.7. The average molecular weight is 343 g/mol. The number of nitrogens with zero attached hydrogens (tertiary/aromatic N) is 3. The molecule has 3 atom stereocenters. The summed E-state index contributed by atoms with van der Waals surface area (Å²) in [5.41, 5.74) is 0.971. The fraction of sp³-hybridized carbons (Fsp3) is 0.579. The number of hydrogen-bond donors (Lipinski definition) is 1. The zero-order valence-electron chi connectivity index (χ0n) is 14.4. The van der Waals surface area contributed by atoms with Gasteiger partial charge >= 0.3 is 0 Å². The van der Waals surface area contributed by atoms with Crippen molar-refractivity contribution in [1.29, 1.82) is 0 Å². The van der Waals surface area contributed by atoms with Gasteiger partial charge in [0.2, 0.25) is 11.7 Å². The number of hydrogen-bond acceptors (Lipinski definition) is 6. The monoisotopic (exact) mass is 343 g/mol. The predicted octanol–water partition coefficient (Wildman–Crippen LogP) is 2.14. The second-order valence-electron chi connectivity index (χ2n) is 6.97. The van der Waals surface area contributed by atoms with Gasteiger partial charge < -0.3 is 14.4 Å². The van der Waals surface area contributed by atoms with Gasteiger partial charge in [-0.15, -0.1) is 0 Å². The van der Waals surface area contributed by atoms with Crippen molar-refractivity contribution in [3.05, 3.63) is 36.2 Å². The van der Waals surface area contributed by atoms with Crippen LogP contribution in [0, 0.1) is 5.92 Å². The van der Waals surface area contributed by atoms with Gasteiger partial charge in [0.25, 0.3) is 0 Å². The molecule has 2 aliphatic rings. The van der Waals surface area contributed by atoms with E-state index in [4.69, 9.17) is 9.26 Å². The lowest BCUT2D eigenvalue weighted by molar-refractivity contribution is -0.0625. The van der Waals surface area contributed by atoms with Crippen LogP contribution in [0.25, 0.3) is 11.4 Å². The van der Waals surface area contributed by atoms with Crippen molar-refractivity contribution in [2.75, 3.05) is 26.3 Å². The molecule has 1 N–H and O–H groups in total. The van der Waals surface area contributed by atoms with Crippen molar-refractivity contribution in [3.8, 4) is 11.4 Å². The minimum Gasteiger partial charge on any atom is -0.393 e. The number of rotatable bonds is 5. The summed E-state index contributed by atoms with van der Waals surface area (Å²) < 4.78 is 11.0. The molecule has 0 amide bonds. The Bertz CT molecular complexity index is 676. The van der Waals surface area contributed by atoms with Gasteiger partial charge in [0, 0.05) is 37.1 Å². The number of aliphatic hydroxyl groups excluding tert-OH is 1. The third kappa shape index (κ3) is 3.76. The van der Waals surface area contributed by atoms with Crippen LogP contribution in [0.1, 0.15) is 25.2 Å². The van der Waals surface area contributed by atoms with E-state index in [1.807, 2.05) is 30.3 Å². The quantitative estimate of drug-likeness (QED) is 0.897. The molecule has 0 spiro atoms. The second kappa shape index (κ2) is 7.64. The van der Waals surface area contributed by atoms with Gasteiger partial charge in [0.05, 0.1) is 12.7 Å². The van der Waals surface area contributed by atoms with Gasteiger partial charge in [0.15, 0.2) is 0 Å². The molecular weight excluding hydrogens is 318 g/mol.